The molecule has 0 aliphatic rings. The largest absolute Gasteiger partial charge is 0.340 e. The highest BCUT2D eigenvalue weighted by atomic mass is 32.2. The Balaban J connectivity index is 2.41. The summed E-state index contributed by atoms with van der Waals surface area (Å²) in [7, 11) is 0. The third-order valence-corrected chi connectivity index (χ3v) is 1.57. The van der Waals surface area contributed by atoms with Crippen LogP contribution in [0.25, 0.3) is 0 Å². The van der Waals surface area contributed by atoms with E-state index in [4.69, 9.17) is 6.42 Å². The summed E-state index contributed by atoms with van der Waals surface area (Å²) in [5.74, 6) is 3.18. The van der Waals surface area contributed by atoms with Crippen molar-refractivity contribution in [2.45, 2.75) is 5.16 Å². The van der Waals surface area contributed by atoms with Crippen molar-refractivity contribution in [2.24, 2.45) is 0 Å². The fourth-order valence-corrected chi connectivity index (χ4v) is 0.947. The first-order chi connectivity index (χ1) is 4.43. The summed E-state index contributed by atoms with van der Waals surface area (Å²) in [6.45, 7) is 0. The lowest BCUT2D eigenvalue weighted by atomic mass is 10.8. The Labute approximate surface area is 58.1 Å². The highest BCUT2D eigenvalue weighted by molar-refractivity contribution is 7.99. The van der Waals surface area contributed by atoms with Gasteiger partial charge in [0.25, 0.3) is 0 Å². The third-order valence-electron chi connectivity index (χ3n) is 0.765. The predicted molar refractivity (Wildman–Crippen MR) is 38.1 cm³/mol. The molecule has 0 saturated carbocycles. The van der Waals surface area contributed by atoms with E-state index in [1.807, 2.05) is 0 Å². The average Bonchev–Trinajstić information content (AvgIpc) is 2.34. The number of H-pyrrole nitrogens is 1. The molecule has 0 radical (unpaired) electrons. The summed E-state index contributed by atoms with van der Waals surface area (Å²) in [6, 6.07) is 0. The first kappa shape index (κ1) is 6.24. The molecule has 1 rings (SSSR count). The molecular weight excluding hydrogens is 132 g/mol. The first-order valence-corrected chi connectivity index (χ1v) is 3.47. The second-order valence-electron chi connectivity index (χ2n) is 1.39. The Hall–Kier alpha value is -0.880. The molecule has 2 nitrogen and oxygen atoms in total. The molecule has 3 heteroatoms. The zero-order valence-electron chi connectivity index (χ0n) is 4.79. The Morgan fingerprint density at radius 1 is 1.89 bits per heavy atom. The quantitative estimate of drug-likeness (QED) is 0.490. The van der Waals surface area contributed by atoms with Crippen molar-refractivity contribution < 1.29 is 0 Å². The van der Waals surface area contributed by atoms with Gasteiger partial charge in [-0.3, -0.25) is 0 Å². The molecule has 46 valence electrons. The van der Waals surface area contributed by atoms with Crippen LogP contribution >= 0.6 is 11.8 Å². The Morgan fingerprint density at radius 3 is 3.33 bits per heavy atom. The summed E-state index contributed by atoms with van der Waals surface area (Å²) in [4.78, 5) is 6.89. The number of aromatic amines is 1. The molecule has 0 bridgehead atoms. The number of terminal acetylenes is 1. The van der Waals surface area contributed by atoms with E-state index >= 15 is 0 Å². The molecule has 0 unspecified atom stereocenters. The summed E-state index contributed by atoms with van der Waals surface area (Å²) < 4.78 is 0. The van der Waals surface area contributed by atoms with Gasteiger partial charge in [0.2, 0.25) is 0 Å². The number of hydrogen-bond acceptors (Lipinski definition) is 2. The molecule has 0 aromatic carbocycles. The molecule has 1 heterocycles. The molecule has 0 fully saturated rings. The van der Waals surface area contributed by atoms with Crippen molar-refractivity contribution in [3.8, 4) is 12.3 Å². The summed E-state index contributed by atoms with van der Waals surface area (Å²) in [6.07, 6.45) is 8.52. The van der Waals surface area contributed by atoms with Gasteiger partial charge >= 0.3 is 0 Å². The monoisotopic (exact) mass is 138 g/mol. The van der Waals surface area contributed by atoms with Gasteiger partial charge in [0.05, 0.1) is 5.75 Å². The van der Waals surface area contributed by atoms with Crippen LogP contribution in [0.3, 0.4) is 0 Å². The highest BCUT2D eigenvalue weighted by Gasteiger charge is 1.89. The summed E-state index contributed by atoms with van der Waals surface area (Å²) in [5.41, 5.74) is 0. The van der Waals surface area contributed by atoms with Crippen molar-refractivity contribution in [3.05, 3.63) is 12.4 Å². The first-order valence-electron chi connectivity index (χ1n) is 2.49. The second kappa shape index (κ2) is 3.21. The van der Waals surface area contributed by atoms with Gasteiger partial charge in [-0.15, -0.1) is 6.42 Å². The molecule has 0 saturated heterocycles. The number of nitrogens with one attached hydrogen (secondary N) is 1. The second-order valence-corrected chi connectivity index (χ2v) is 2.35. The Bertz CT molecular complexity index is 197. The molecular formula is C6H6N2S. The van der Waals surface area contributed by atoms with Gasteiger partial charge in [-0.2, -0.15) is 0 Å². The summed E-state index contributed by atoms with van der Waals surface area (Å²) >= 11 is 1.52. The van der Waals surface area contributed by atoms with E-state index in [9.17, 15) is 0 Å². The molecule has 1 N–H and O–H groups in total. The van der Waals surface area contributed by atoms with Crippen LogP contribution in [0.1, 0.15) is 0 Å². The SMILES string of the molecule is C#CCSc1ncc[nH]1. The lowest BCUT2D eigenvalue weighted by Crippen LogP contribution is -1.74. The van der Waals surface area contributed by atoms with Gasteiger partial charge in [0.1, 0.15) is 0 Å². The topological polar surface area (TPSA) is 28.7 Å². The van der Waals surface area contributed by atoms with E-state index in [-0.39, 0.29) is 0 Å². The smallest absolute Gasteiger partial charge is 0.166 e. The normalized spacial score (nSPS) is 8.78. The number of aromatic nitrogens is 2. The maximum Gasteiger partial charge on any atom is 0.166 e. The van der Waals surface area contributed by atoms with Gasteiger partial charge in [0, 0.05) is 12.4 Å². The van der Waals surface area contributed by atoms with E-state index in [2.05, 4.69) is 15.9 Å². The molecule has 0 amide bonds. The predicted octanol–water partition coefficient (Wildman–Crippen LogP) is 1.13. The minimum atomic E-state index is 0.674. The van der Waals surface area contributed by atoms with Crippen molar-refractivity contribution in [1.82, 2.24) is 9.97 Å². The Kier molecular flexibility index (Phi) is 2.22. The van der Waals surface area contributed by atoms with Crippen LogP contribution in [0.5, 0.6) is 0 Å². The van der Waals surface area contributed by atoms with Crippen LogP contribution in [-0.2, 0) is 0 Å². The van der Waals surface area contributed by atoms with E-state index in [1.165, 1.54) is 11.8 Å². The zero-order chi connectivity index (χ0) is 6.53. The number of imidazole rings is 1. The van der Waals surface area contributed by atoms with Crippen molar-refractivity contribution in [2.75, 3.05) is 5.75 Å². The molecule has 0 atom stereocenters. The summed E-state index contributed by atoms with van der Waals surface area (Å²) in [5, 5.41) is 0.882. The fraction of sp³-hybridized carbons (Fsp3) is 0.167. The van der Waals surface area contributed by atoms with E-state index in [1.54, 1.807) is 12.4 Å². The molecule has 1 aromatic rings. The average molecular weight is 138 g/mol. The number of thioether (sulfide) groups is 1. The van der Waals surface area contributed by atoms with Crippen LogP contribution in [0.15, 0.2) is 17.6 Å². The van der Waals surface area contributed by atoms with Crippen LogP contribution < -0.4 is 0 Å². The maximum absolute atomic E-state index is 5.03. The molecule has 9 heavy (non-hydrogen) atoms. The van der Waals surface area contributed by atoms with Gasteiger partial charge < -0.3 is 4.98 Å². The number of nitrogens with zero attached hydrogens (tertiary/aromatic N) is 1. The van der Waals surface area contributed by atoms with Crippen molar-refractivity contribution in [1.29, 1.82) is 0 Å². The van der Waals surface area contributed by atoms with Gasteiger partial charge in [0.15, 0.2) is 5.16 Å². The van der Waals surface area contributed by atoms with Crippen LogP contribution in [0.4, 0.5) is 0 Å². The lowest BCUT2D eigenvalue weighted by Gasteiger charge is -1.85. The van der Waals surface area contributed by atoms with Crippen molar-refractivity contribution >= 4 is 11.8 Å². The van der Waals surface area contributed by atoms with Gasteiger partial charge in [-0.1, -0.05) is 17.7 Å². The lowest BCUT2D eigenvalue weighted by molar-refractivity contribution is 1.06. The van der Waals surface area contributed by atoms with Gasteiger partial charge in [-0.05, 0) is 0 Å². The zero-order valence-corrected chi connectivity index (χ0v) is 5.61. The maximum atomic E-state index is 5.03. The van der Waals surface area contributed by atoms with Crippen molar-refractivity contribution in [3.63, 3.8) is 0 Å². The molecule has 0 aliphatic carbocycles. The fourth-order valence-electron chi connectivity index (χ4n) is 0.440. The van der Waals surface area contributed by atoms with Crippen LogP contribution in [0, 0.1) is 12.3 Å². The van der Waals surface area contributed by atoms with Crippen LogP contribution in [0.2, 0.25) is 0 Å². The highest BCUT2D eigenvalue weighted by Crippen LogP contribution is 2.09. The molecule has 1 aromatic heterocycles. The van der Waals surface area contributed by atoms with E-state index < -0.39 is 0 Å². The minimum absolute atomic E-state index is 0.674. The standard InChI is InChI=1S/C6H6N2S/c1-2-5-9-6-7-3-4-8-6/h1,3-4H,5H2,(H,7,8). The van der Waals surface area contributed by atoms with E-state index in [0.717, 1.165) is 5.16 Å². The van der Waals surface area contributed by atoms with Crippen LogP contribution in [-0.4, -0.2) is 15.7 Å². The number of hydrogen-bond donors (Lipinski definition) is 1. The van der Waals surface area contributed by atoms with E-state index in [0.29, 0.717) is 5.75 Å². The minimum Gasteiger partial charge on any atom is -0.340 e. The van der Waals surface area contributed by atoms with Gasteiger partial charge in [-0.25, -0.2) is 4.98 Å². The molecule has 0 spiro atoms. The third kappa shape index (κ3) is 1.82. The Morgan fingerprint density at radius 2 is 2.78 bits per heavy atom. The number of rotatable bonds is 2. The molecule has 0 aliphatic heterocycles.